The van der Waals surface area contributed by atoms with Gasteiger partial charge in [-0.05, 0) is 52.0 Å². The summed E-state index contributed by atoms with van der Waals surface area (Å²) < 4.78 is 0. The van der Waals surface area contributed by atoms with Crippen molar-refractivity contribution in [3.8, 4) is 0 Å². The molecule has 0 aliphatic heterocycles. The number of halogens is 1. The molecule has 0 atom stereocenters. The Balaban J connectivity index is 0.00000484. The summed E-state index contributed by atoms with van der Waals surface area (Å²) in [6.45, 7) is 12.0. The summed E-state index contributed by atoms with van der Waals surface area (Å²) >= 11 is 1.81. The van der Waals surface area contributed by atoms with Gasteiger partial charge in [0.15, 0.2) is 5.96 Å². The molecule has 0 saturated heterocycles. The van der Waals surface area contributed by atoms with E-state index in [0.717, 1.165) is 38.4 Å². The molecule has 0 fully saturated rings. The first-order valence-electron chi connectivity index (χ1n) is 8.27. The Bertz CT molecular complexity index is 410. The average Bonchev–Trinajstić information content (AvgIpc) is 2.97. The van der Waals surface area contributed by atoms with Gasteiger partial charge >= 0.3 is 0 Å². The van der Waals surface area contributed by atoms with Gasteiger partial charge in [0.2, 0.25) is 0 Å². The molecule has 134 valence electrons. The van der Waals surface area contributed by atoms with E-state index in [0.29, 0.717) is 12.1 Å². The molecule has 0 unspecified atom stereocenters. The number of thiophene rings is 1. The highest BCUT2D eigenvalue weighted by Crippen LogP contribution is 2.08. The summed E-state index contributed by atoms with van der Waals surface area (Å²) in [5, 5.41) is 8.89. The van der Waals surface area contributed by atoms with Gasteiger partial charge in [-0.3, -0.25) is 9.89 Å². The predicted molar refractivity (Wildman–Crippen MR) is 114 cm³/mol. The van der Waals surface area contributed by atoms with Gasteiger partial charge in [0.1, 0.15) is 0 Å². The minimum Gasteiger partial charge on any atom is -0.356 e. The van der Waals surface area contributed by atoms with E-state index in [1.807, 2.05) is 7.05 Å². The molecule has 6 heteroatoms. The Hall–Kier alpha value is -0.340. The molecule has 1 aromatic rings. The van der Waals surface area contributed by atoms with Crippen molar-refractivity contribution in [3.05, 3.63) is 22.4 Å². The van der Waals surface area contributed by atoms with Crippen molar-refractivity contribution in [3.63, 3.8) is 0 Å². The third-order valence-corrected chi connectivity index (χ3v) is 4.62. The van der Waals surface area contributed by atoms with Gasteiger partial charge in [-0.15, -0.1) is 35.3 Å². The summed E-state index contributed by atoms with van der Waals surface area (Å²) in [4.78, 5) is 8.21. The van der Waals surface area contributed by atoms with Crippen LogP contribution in [0.15, 0.2) is 22.5 Å². The van der Waals surface area contributed by atoms with Crippen LogP contribution in [0.3, 0.4) is 0 Å². The maximum absolute atomic E-state index is 4.28. The average molecular weight is 452 g/mol. The maximum atomic E-state index is 4.28. The lowest BCUT2D eigenvalue weighted by molar-refractivity contribution is 0.173. The molecule has 0 aromatic carbocycles. The first-order chi connectivity index (χ1) is 10.5. The normalized spacial score (nSPS) is 11.9. The van der Waals surface area contributed by atoms with Crippen LogP contribution in [0, 0.1) is 0 Å². The second-order valence-electron chi connectivity index (χ2n) is 6.03. The zero-order chi connectivity index (χ0) is 16.4. The number of nitrogens with zero attached hydrogens (tertiary/aromatic N) is 2. The monoisotopic (exact) mass is 452 g/mol. The molecule has 0 aliphatic carbocycles. The van der Waals surface area contributed by atoms with Crippen molar-refractivity contribution in [2.24, 2.45) is 4.99 Å². The van der Waals surface area contributed by atoms with Gasteiger partial charge in [-0.1, -0.05) is 6.07 Å². The molecule has 23 heavy (non-hydrogen) atoms. The molecule has 0 amide bonds. The lowest BCUT2D eigenvalue weighted by Crippen LogP contribution is -2.41. The van der Waals surface area contributed by atoms with Crippen molar-refractivity contribution in [2.45, 2.75) is 52.6 Å². The van der Waals surface area contributed by atoms with Gasteiger partial charge in [0.25, 0.3) is 0 Å². The van der Waals surface area contributed by atoms with Crippen LogP contribution in [0.5, 0.6) is 0 Å². The molecule has 1 heterocycles. The summed E-state index contributed by atoms with van der Waals surface area (Å²) in [5.74, 6) is 0.900. The van der Waals surface area contributed by atoms with Gasteiger partial charge in [-0.25, -0.2) is 0 Å². The van der Waals surface area contributed by atoms with E-state index in [9.17, 15) is 0 Å². The number of rotatable bonds is 9. The van der Waals surface area contributed by atoms with E-state index in [1.54, 1.807) is 11.3 Å². The highest BCUT2D eigenvalue weighted by Gasteiger charge is 2.12. The fourth-order valence-corrected chi connectivity index (χ4v) is 3.27. The highest BCUT2D eigenvalue weighted by molar-refractivity contribution is 14.0. The molecule has 0 radical (unpaired) electrons. The Kier molecular flexibility index (Phi) is 12.8. The molecule has 4 nitrogen and oxygen atoms in total. The highest BCUT2D eigenvalue weighted by atomic mass is 127. The van der Waals surface area contributed by atoms with Crippen LogP contribution in [0.25, 0.3) is 0 Å². The number of nitrogens with one attached hydrogen (secondary N) is 2. The van der Waals surface area contributed by atoms with E-state index >= 15 is 0 Å². The molecule has 2 N–H and O–H groups in total. The van der Waals surface area contributed by atoms with Crippen LogP contribution in [0.2, 0.25) is 0 Å². The van der Waals surface area contributed by atoms with Crippen molar-refractivity contribution < 1.29 is 0 Å². The largest absolute Gasteiger partial charge is 0.356 e. The van der Waals surface area contributed by atoms with Gasteiger partial charge in [0.05, 0.1) is 0 Å². The molecule has 0 bridgehead atoms. The van der Waals surface area contributed by atoms with Crippen LogP contribution in [-0.4, -0.2) is 49.6 Å². The molecule has 0 spiro atoms. The third-order valence-electron chi connectivity index (χ3n) is 3.68. The van der Waals surface area contributed by atoms with E-state index < -0.39 is 0 Å². The molecule has 0 saturated carbocycles. The Morgan fingerprint density at radius 1 is 1.17 bits per heavy atom. The molecule has 1 aromatic heterocycles. The molecular formula is C17H33IN4S. The summed E-state index contributed by atoms with van der Waals surface area (Å²) in [5.41, 5.74) is 0. The van der Waals surface area contributed by atoms with Crippen molar-refractivity contribution in [1.82, 2.24) is 15.5 Å². The fraction of sp³-hybridized carbons (Fsp3) is 0.706. The van der Waals surface area contributed by atoms with Crippen molar-refractivity contribution >= 4 is 41.3 Å². The van der Waals surface area contributed by atoms with Gasteiger partial charge in [0, 0.05) is 43.6 Å². The lowest BCUT2D eigenvalue weighted by atomic mass is 10.2. The van der Waals surface area contributed by atoms with E-state index in [2.05, 4.69) is 65.7 Å². The Morgan fingerprint density at radius 3 is 2.35 bits per heavy atom. The minimum absolute atomic E-state index is 0. The van der Waals surface area contributed by atoms with Crippen LogP contribution < -0.4 is 10.6 Å². The Morgan fingerprint density at radius 2 is 1.83 bits per heavy atom. The van der Waals surface area contributed by atoms with Crippen molar-refractivity contribution in [1.29, 1.82) is 0 Å². The SMILES string of the molecule is CN=C(NCCCN(C(C)C)C(C)C)NCCc1cccs1.I. The second-order valence-corrected chi connectivity index (χ2v) is 7.07. The first kappa shape index (κ1) is 22.7. The van der Waals surface area contributed by atoms with Gasteiger partial charge in [-0.2, -0.15) is 0 Å². The molecular weight excluding hydrogens is 419 g/mol. The number of hydrogen-bond acceptors (Lipinski definition) is 3. The smallest absolute Gasteiger partial charge is 0.190 e. The third kappa shape index (κ3) is 9.52. The van der Waals surface area contributed by atoms with Crippen LogP contribution in [0.4, 0.5) is 0 Å². The molecule has 0 aliphatic rings. The van der Waals surface area contributed by atoms with Gasteiger partial charge < -0.3 is 10.6 Å². The summed E-state index contributed by atoms with van der Waals surface area (Å²) in [6.07, 6.45) is 2.18. The zero-order valence-electron chi connectivity index (χ0n) is 15.1. The quantitative estimate of drug-likeness (QED) is 0.261. The summed E-state index contributed by atoms with van der Waals surface area (Å²) in [7, 11) is 1.83. The lowest BCUT2D eigenvalue weighted by Gasteiger charge is -2.30. The molecule has 1 rings (SSSR count). The minimum atomic E-state index is 0. The number of hydrogen-bond donors (Lipinski definition) is 2. The van der Waals surface area contributed by atoms with E-state index in [-0.39, 0.29) is 24.0 Å². The summed E-state index contributed by atoms with van der Waals surface area (Å²) in [6, 6.07) is 5.48. The topological polar surface area (TPSA) is 39.7 Å². The zero-order valence-corrected chi connectivity index (χ0v) is 18.3. The predicted octanol–water partition coefficient (Wildman–Crippen LogP) is 3.58. The maximum Gasteiger partial charge on any atom is 0.190 e. The van der Waals surface area contributed by atoms with Crippen LogP contribution in [0.1, 0.15) is 39.0 Å². The fourth-order valence-electron chi connectivity index (χ4n) is 2.56. The Labute approximate surface area is 163 Å². The standard InChI is InChI=1S/C17H32N4S.HI/c1-14(2)21(15(3)4)12-7-10-19-17(18-5)20-11-9-16-8-6-13-22-16;/h6,8,13-15H,7,9-12H2,1-5H3,(H2,18,19,20);1H. The first-order valence-corrected chi connectivity index (χ1v) is 9.15. The van der Waals surface area contributed by atoms with Crippen LogP contribution >= 0.6 is 35.3 Å². The van der Waals surface area contributed by atoms with Crippen LogP contribution in [-0.2, 0) is 6.42 Å². The van der Waals surface area contributed by atoms with Crippen molar-refractivity contribution in [2.75, 3.05) is 26.7 Å². The van der Waals surface area contributed by atoms with E-state index in [4.69, 9.17) is 0 Å². The van der Waals surface area contributed by atoms with E-state index in [1.165, 1.54) is 4.88 Å². The number of aliphatic imine (C=N–C) groups is 1. The number of guanidine groups is 1. The second kappa shape index (κ2) is 13.0.